The monoisotopic (exact) mass is 376 g/mol. The number of benzene rings is 1. The lowest BCUT2D eigenvalue weighted by Gasteiger charge is -2.15. The van der Waals surface area contributed by atoms with Gasteiger partial charge in [0.15, 0.2) is 5.82 Å². The van der Waals surface area contributed by atoms with Gasteiger partial charge in [0.05, 0.1) is 16.4 Å². The average Bonchev–Trinajstić information content (AvgIpc) is 2.89. The number of carbonyl (C=O) groups excluding carboxylic acids is 1. The number of nitrogens with one attached hydrogen (secondary N) is 1. The normalized spacial score (nSPS) is 11.0. The molecule has 3 aromatic rings. The van der Waals surface area contributed by atoms with Crippen molar-refractivity contribution in [1.82, 2.24) is 15.0 Å². The molecule has 26 heavy (non-hydrogen) atoms. The molecule has 134 valence electrons. The van der Waals surface area contributed by atoms with Gasteiger partial charge in [-0.2, -0.15) is 0 Å². The minimum atomic E-state index is -0.924. The Balaban J connectivity index is 2.46. The molecule has 1 aromatic carbocycles. The van der Waals surface area contributed by atoms with Crippen LogP contribution in [-0.2, 0) is 4.79 Å². The van der Waals surface area contributed by atoms with Crippen LogP contribution in [0.1, 0.15) is 17.0 Å². The first-order valence-electron chi connectivity index (χ1n) is 7.69. The fourth-order valence-electron chi connectivity index (χ4n) is 2.99. The smallest absolute Gasteiger partial charge is 0.247 e. The number of anilines is 1. The third-order valence-corrected chi connectivity index (χ3v) is 4.58. The molecule has 0 unspecified atom stereocenters. The van der Waals surface area contributed by atoms with Crippen molar-refractivity contribution in [3.8, 4) is 11.1 Å². The highest BCUT2D eigenvalue weighted by Gasteiger charge is 2.24. The fraction of sp³-hybridized carbons (Fsp3) is 0.167. The summed E-state index contributed by atoms with van der Waals surface area (Å²) < 4.78 is 29.1. The molecule has 0 aliphatic carbocycles. The number of halogens is 3. The van der Waals surface area contributed by atoms with Gasteiger partial charge in [0.1, 0.15) is 5.52 Å². The molecule has 5 nitrogen and oxygen atoms in total. The number of hydrogen-bond acceptors (Lipinski definition) is 3. The van der Waals surface area contributed by atoms with Crippen molar-refractivity contribution in [1.29, 1.82) is 0 Å². The van der Waals surface area contributed by atoms with Gasteiger partial charge in [-0.3, -0.25) is 9.78 Å². The Bertz CT molecular complexity index is 1080. The van der Waals surface area contributed by atoms with E-state index in [4.69, 9.17) is 11.6 Å². The van der Waals surface area contributed by atoms with Crippen LogP contribution in [0, 0.1) is 26.6 Å². The van der Waals surface area contributed by atoms with Gasteiger partial charge in [-0.15, -0.1) is 5.10 Å². The van der Waals surface area contributed by atoms with E-state index in [2.05, 4.69) is 22.0 Å². The molecule has 3 rings (SSSR count). The second-order valence-electron chi connectivity index (χ2n) is 5.84. The molecule has 0 bridgehead atoms. The minimum Gasteiger partial charge on any atom is -0.320 e. The Hall–Kier alpha value is -2.80. The highest BCUT2D eigenvalue weighted by molar-refractivity contribution is 6.31. The summed E-state index contributed by atoms with van der Waals surface area (Å²) in [5.74, 6) is -1.54. The molecule has 0 saturated heterocycles. The summed E-state index contributed by atoms with van der Waals surface area (Å²) in [6.45, 7) is 8.47. The van der Waals surface area contributed by atoms with Crippen LogP contribution in [0.2, 0.25) is 5.02 Å². The molecular formula is C18H15ClF2N4O. The van der Waals surface area contributed by atoms with E-state index < -0.39 is 11.7 Å². The lowest BCUT2D eigenvalue weighted by atomic mass is 9.94. The lowest BCUT2D eigenvalue weighted by molar-refractivity contribution is -0.111. The average molecular weight is 377 g/mol. The second kappa shape index (κ2) is 6.49. The summed E-state index contributed by atoms with van der Waals surface area (Å²) in [5, 5.41) is 6.75. The van der Waals surface area contributed by atoms with Crippen LogP contribution < -0.4 is 5.32 Å². The Labute approximate surface area is 153 Å². The van der Waals surface area contributed by atoms with Crippen LogP contribution in [0.3, 0.4) is 0 Å². The number of amides is 1. The molecule has 0 aliphatic heterocycles. The number of nitrogens with zero attached hydrogens (tertiary/aromatic N) is 3. The van der Waals surface area contributed by atoms with Crippen molar-refractivity contribution in [2.24, 2.45) is 0 Å². The molecular weight excluding hydrogens is 362 g/mol. The van der Waals surface area contributed by atoms with E-state index in [1.807, 2.05) is 0 Å². The number of pyridine rings is 1. The SMILES string of the molecule is C=CC(=O)Nc1cc(-c2c(C)ncc(Cl)c2C)c2c(C)nn(F)c2c1F. The predicted molar refractivity (Wildman–Crippen MR) is 97.5 cm³/mol. The topological polar surface area (TPSA) is 59.8 Å². The van der Waals surface area contributed by atoms with E-state index in [1.165, 1.54) is 12.3 Å². The first kappa shape index (κ1) is 18.0. The molecule has 0 spiro atoms. The molecule has 0 radical (unpaired) electrons. The van der Waals surface area contributed by atoms with Gasteiger partial charge in [-0.1, -0.05) is 27.6 Å². The van der Waals surface area contributed by atoms with Crippen molar-refractivity contribution in [3.05, 3.63) is 52.7 Å². The van der Waals surface area contributed by atoms with Gasteiger partial charge in [0.25, 0.3) is 0 Å². The molecule has 1 amide bonds. The van der Waals surface area contributed by atoms with Gasteiger partial charge in [-0.05, 0) is 44.0 Å². The van der Waals surface area contributed by atoms with E-state index in [0.29, 0.717) is 33.1 Å². The fourth-order valence-corrected chi connectivity index (χ4v) is 3.13. The summed E-state index contributed by atoms with van der Waals surface area (Å²) in [5.41, 5.74) is 2.20. The Morgan fingerprint density at radius 1 is 1.35 bits per heavy atom. The third kappa shape index (κ3) is 2.74. The summed E-state index contributed by atoms with van der Waals surface area (Å²) in [6.07, 6.45) is 2.51. The highest BCUT2D eigenvalue weighted by atomic mass is 35.5. The number of hydrogen-bond donors (Lipinski definition) is 1. The van der Waals surface area contributed by atoms with Crippen molar-refractivity contribution in [2.45, 2.75) is 20.8 Å². The van der Waals surface area contributed by atoms with Crippen molar-refractivity contribution >= 4 is 34.1 Å². The molecule has 1 N–H and O–H groups in total. The maximum absolute atomic E-state index is 14.8. The van der Waals surface area contributed by atoms with Gasteiger partial charge >= 0.3 is 0 Å². The second-order valence-corrected chi connectivity index (χ2v) is 6.25. The number of rotatable bonds is 3. The number of carbonyl (C=O) groups is 1. The molecule has 0 atom stereocenters. The largest absolute Gasteiger partial charge is 0.320 e. The van der Waals surface area contributed by atoms with Gasteiger partial charge in [0, 0.05) is 22.8 Å². The van der Waals surface area contributed by atoms with E-state index in [1.54, 1.807) is 20.8 Å². The Morgan fingerprint density at radius 3 is 2.69 bits per heavy atom. The van der Waals surface area contributed by atoms with E-state index >= 15 is 0 Å². The summed E-state index contributed by atoms with van der Waals surface area (Å²) >= 11 is 6.20. The summed E-state index contributed by atoms with van der Waals surface area (Å²) in [7, 11) is 0. The molecule has 2 aromatic heterocycles. The van der Waals surface area contributed by atoms with Crippen molar-refractivity contribution in [2.75, 3.05) is 5.32 Å². The standard InChI is InChI=1S/C18H15ClF2N4O/c1-5-14(26)23-13-6-11(15-8(2)12(19)7-22-9(15)3)16-10(4)24-25(21)18(16)17(13)20/h5-7H,1H2,2-4H3,(H,23,26). The predicted octanol–water partition coefficient (Wildman–Crippen LogP) is 4.67. The Morgan fingerprint density at radius 2 is 2.04 bits per heavy atom. The number of fused-ring (bicyclic) bond motifs is 1. The van der Waals surface area contributed by atoms with Crippen LogP contribution in [-0.4, -0.2) is 20.9 Å². The first-order chi connectivity index (χ1) is 12.3. The van der Waals surface area contributed by atoms with Crippen molar-refractivity contribution < 1.29 is 13.7 Å². The van der Waals surface area contributed by atoms with Gasteiger partial charge in [-0.25, -0.2) is 4.39 Å². The third-order valence-electron chi connectivity index (χ3n) is 4.20. The first-order valence-corrected chi connectivity index (χ1v) is 8.07. The zero-order valence-electron chi connectivity index (χ0n) is 14.3. The summed E-state index contributed by atoms with van der Waals surface area (Å²) in [6, 6.07) is 1.43. The van der Waals surface area contributed by atoms with Gasteiger partial charge in [0.2, 0.25) is 5.91 Å². The van der Waals surface area contributed by atoms with E-state index in [-0.39, 0.29) is 21.5 Å². The molecule has 0 aliphatic rings. The number of aryl methyl sites for hydroxylation is 2. The molecule has 8 heteroatoms. The zero-order valence-corrected chi connectivity index (χ0v) is 15.1. The maximum Gasteiger partial charge on any atom is 0.247 e. The quantitative estimate of drug-likeness (QED) is 0.675. The maximum atomic E-state index is 14.8. The number of aromatic nitrogens is 3. The summed E-state index contributed by atoms with van der Waals surface area (Å²) in [4.78, 5) is 15.9. The van der Waals surface area contributed by atoms with Crippen LogP contribution in [0.15, 0.2) is 24.9 Å². The van der Waals surface area contributed by atoms with Crippen molar-refractivity contribution in [3.63, 3.8) is 0 Å². The van der Waals surface area contributed by atoms with Crippen LogP contribution in [0.25, 0.3) is 22.0 Å². The minimum absolute atomic E-state index is 0.0320. The highest BCUT2D eigenvalue weighted by Crippen LogP contribution is 2.40. The van der Waals surface area contributed by atoms with Crippen LogP contribution in [0.4, 0.5) is 14.6 Å². The van der Waals surface area contributed by atoms with Gasteiger partial charge < -0.3 is 5.32 Å². The van der Waals surface area contributed by atoms with Crippen LogP contribution in [0.5, 0.6) is 0 Å². The zero-order chi connectivity index (χ0) is 19.2. The lowest BCUT2D eigenvalue weighted by Crippen LogP contribution is -2.10. The van der Waals surface area contributed by atoms with E-state index in [9.17, 15) is 13.7 Å². The van der Waals surface area contributed by atoms with Crippen LogP contribution >= 0.6 is 11.6 Å². The molecule has 0 saturated carbocycles. The van der Waals surface area contributed by atoms with E-state index in [0.717, 1.165) is 6.08 Å². The Kier molecular flexibility index (Phi) is 4.50. The molecule has 0 fully saturated rings. The molecule has 2 heterocycles.